The van der Waals surface area contributed by atoms with Gasteiger partial charge in [0.15, 0.2) is 0 Å². The average Bonchev–Trinajstić information content (AvgIpc) is 3.60. The Hall–Kier alpha value is -5.98. The lowest BCUT2D eigenvalue weighted by Gasteiger charge is -2.35. The molecule has 10 rings (SSSR count). The zero-order chi connectivity index (χ0) is 32.3. The fourth-order valence-corrected chi connectivity index (χ4v) is 8.83. The largest absolute Gasteiger partial charge is 0.310 e. The van der Waals surface area contributed by atoms with Crippen LogP contribution in [-0.2, 0) is 0 Å². The highest BCUT2D eigenvalue weighted by atomic mass is 32.2. The number of benzene rings is 7. The van der Waals surface area contributed by atoms with Crippen molar-refractivity contribution in [3.05, 3.63) is 176 Å². The van der Waals surface area contributed by atoms with Crippen LogP contribution in [0.1, 0.15) is 0 Å². The van der Waals surface area contributed by atoms with Crippen LogP contribution in [0.3, 0.4) is 0 Å². The molecule has 8 aromatic rings. The summed E-state index contributed by atoms with van der Waals surface area (Å²) in [6.07, 6.45) is 2.00. The molecule has 0 fully saturated rings. The highest BCUT2D eigenvalue weighted by Gasteiger charge is 2.39. The molecule has 0 aliphatic carbocycles. The van der Waals surface area contributed by atoms with E-state index in [1.165, 1.54) is 37.4 Å². The molecule has 1 aromatic heterocycles. The van der Waals surface area contributed by atoms with Gasteiger partial charge < -0.3 is 9.80 Å². The summed E-state index contributed by atoms with van der Waals surface area (Å²) in [5, 5.41) is 0. The molecule has 6 heteroatoms. The van der Waals surface area contributed by atoms with E-state index in [1.807, 2.05) is 18.1 Å². The standard InChI is InChI=1S/C43H29BN4S/c1-5-14-30(15-6-1)47(31-16-7-2-8-17-31)34-24-25-36-40(27-34)49-41-28-35(48(32-18-9-3-10-19-32)33-20-11-4-12-21-33)26-39-42(41)44(36)37-22-13-23-38-43(37)46(39)29-45-38/h1-29H. The van der Waals surface area contributed by atoms with Crippen LogP contribution in [-0.4, -0.2) is 16.3 Å². The van der Waals surface area contributed by atoms with E-state index >= 15 is 0 Å². The lowest BCUT2D eigenvalue weighted by atomic mass is 9.35. The number of nitrogens with zero attached hydrogens (tertiary/aromatic N) is 4. The van der Waals surface area contributed by atoms with E-state index in [-0.39, 0.29) is 6.71 Å². The van der Waals surface area contributed by atoms with Crippen molar-refractivity contribution in [1.29, 1.82) is 0 Å². The highest BCUT2D eigenvalue weighted by molar-refractivity contribution is 8.00. The predicted molar refractivity (Wildman–Crippen MR) is 206 cm³/mol. The molecule has 0 saturated heterocycles. The molecular formula is C43H29BN4S. The Bertz CT molecular complexity index is 2410. The Balaban J connectivity index is 1.20. The van der Waals surface area contributed by atoms with Gasteiger partial charge in [-0.1, -0.05) is 108 Å². The van der Waals surface area contributed by atoms with Crippen molar-refractivity contribution in [2.75, 3.05) is 9.80 Å². The molecule has 230 valence electrons. The quantitative estimate of drug-likeness (QED) is 0.169. The number of rotatable bonds is 6. The first-order chi connectivity index (χ1) is 24.3. The zero-order valence-electron chi connectivity index (χ0n) is 26.5. The number of para-hydroxylation sites is 5. The first-order valence-corrected chi connectivity index (χ1v) is 17.4. The van der Waals surface area contributed by atoms with Gasteiger partial charge in [0.1, 0.15) is 6.33 Å². The van der Waals surface area contributed by atoms with Crippen LogP contribution in [0.15, 0.2) is 186 Å². The Kier molecular flexibility index (Phi) is 6.49. The van der Waals surface area contributed by atoms with E-state index in [9.17, 15) is 0 Å². The third kappa shape index (κ3) is 4.52. The molecule has 7 aromatic carbocycles. The van der Waals surface area contributed by atoms with E-state index in [1.54, 1.807) is 0 Å². The highest BCUT2D eigenvalue weighted by Crippen LogP contribution is 2.43. The topological polar surface area (TPSA) is 24.3 Å². The molecule has 49 heavy (non-hydrogen) atoms. The Labute approximate surface area is 290 Å². The fraction of sp³-hybridized carbons (Fsp3) is 0. The lowest BCUT2D eigenvalue weighted by molar-refractivity contribution is 1.09. The molecule has 3 heterocycles. The summed E-state index contributed by atoms with van der Waals surface area (Å²) >= 11 is 1.87. The second-order valence-corrected chi connectivity index (χ2v) is 13.6. The van der Waals surface area contributed by atoms with Gasteiger partial charge in [0.25, 0.3) is 0 Å². The van der Waals surface area contributed by atoms with E-state index in [0.29, 0.717) is 0 Å². The van der Waals surface area contributed by atoms with Crippen molar-refractivity contribution in [3.8, 4) is 5.69 Å². The van der Waals surface area contributed by atoms with Crippen molar-refractivity contribution in [2.24, 2.45) is 0 Å². The molecule has 4 nitrogen and oxygen atoms in total. The van der Waals surface area contributed by atoms with Gasteiger partial charge >= 0.3 is 0 Å². The fourth-order valence-electron chi connectivity index (χ4n) is 7.60. The number of imidazole rings is 1. The minimum absolute atomic E-state index is 0.0982. The number of aromatic nitrogens is 2. The SMILES string of the molecule is c1ccc(N(c2ccccc2)c2ccc3c(c2)Sc2cc(N(c4ccccc4)c4ccccc4)cc4c2B3c2cccc3ncn-4c23)cc1. The molecule has 2 aliphatic heterocycles. The zero-order valence-corrected chi connectivity index (χ0v) is 27.3. The van der Waals surface area contributed by atoms with Crippen molar-refractivity contribution in [1.82, 2.24) is 9.55 Å². The monoisotopic (exact) mass is 644 g/mol. The summed E-state index contributed by atoms with van der Waals surface area (Å²) in [7, 11) is 0. The van der Waals surface area contributed by atoms with Gasteiger partial charge in [-0.15, -0.1) is 0 Å². The molecule has 0 N–H and O–H groups in total. The van der Waals surface area contributed by atoms with E-state index in [4.69, 9.17) is 4.98 Å². The minimum atomic E-state index is 0.0982. The van der Waals surface area contributed by atoms with Crippen molar-refractivity contribution in [2.45, 2.75) is 9.79 Å². The molecule has 0 spiro atoms. The number of hydrogen-bond acceptors (Lipinski definition) is 4. The van der Waals surface area contributed by atoms with E-state index in [2.05, 4.69) is 184 Å². The first-order valence-electron chi connectivity index (χ1n) is 16.6. The summed E-state index contributed by atoms with van der Waals surface area (Å²) < 4.78 is 2.31. The predicted octanol–water partition coefficient (Wildman–Crippen LogP) is 9.26. The van der Waals surface area contributed by atoms with Crippen LogP contribution in [0.5, 0.6) is 0 Å². The minimum Gasteiger partial charge on any atom is -0.310 e. The maximum absolute atomic E-state index is 4.90. The number of anilines is 6. The summed E-state index contributed by atoms with van der Waals surface area (Å²) in [4.78, 5) is 12.1. The molecule has 0 atom stereocenters. The summed E-state index contributed by atoms with van der Waals surface area (Å²) in [6.45, 7) is 0.0982. The second kappa shape index (κ2) is 11.3. The molecule has 0 unspecified atom stereocenters. The van der Waals surface area contributed by atoms with Gasteiger partial charge in [0.2, 0.25) is 6.71 Å². The van der Waals surface area contributed by atoms with Gasteiger partial charge in [0, 0.05) is 49.6 Å². The van der Waals surface area contributed by atoms with Crippen LogP contribution < -0.4 is 26.2 Å². The molecule has 2 aliphatic rings. The molecule has 0 bridgehead atoms. The van der Waals surface area contributed by atoms with Crippen molar-refractivity contribution < 1.29 is 0 Å². The second-order valence-electron chi connectivity index (χ2n) is 12.5. The molecule has 0 saturated carbocycles. The van der Waals surface area contributed by atoms with Gasteiger partial charge in [-0.3, -0.25) is 4.57 Å². The average molecular weight is 645 g/mol. The maximum Gasteiger partial charge on any atom is 0.249 e. The summed E-state index contributed by atoms with van der Waals surface area (Å²) in [6, 6.07) is 60.9. The normalized spacial score (nSPS) is 12.4. The number of fused-ring (bicyclic) bond motifs is 4. The van der Waals surface area contributed by atoms with E-state index < -0.39 is 0 Å². The van der Waals surface area contributed by atoms with E-state index in [0.717, 1.165) is 39.6 Å². The summed E-state index contributed by atoms with van der Waals surface area (Å²) in [5.41, 5.74) is 14.1. The molecule has 0 radical (unpaired) electrons. The van der Waals surface area contributed by atoms with Gasteiger partial charge in [-0.05, 0) is 89.8 Å². The van der Waals surface area contributed by atoms with Crippen LogP contribution in [0.4, 0.5) is 34.1 Å². The number of hydrogen-bond donors (Lipinski definition) is 0. The third-order valence-corrected chi connectivity index (χ3v) is 10.8. The van der Waals surface area contributed by atoms with Gasteiger partial charge in [-0.2, -0.15) is 0 Å². The molecular weight excluding hydrogens is 615 g/mol. The van der Waals surface area contributed by atoms with Crippen LogP contribution in [0.2, 0.25) is 0 Å². The van der Waals surface area contributed by atoms with Crippen LogP contribution in [0.25, 0.3) is 16.7 Å². The van der Waals surface area contributed by atoms with Crippen molar-refractivity contribution in [3.63, 3.8) is 0 Å². The van der Waals surface area contributed by atoms with Crippen molar-refractivity contribution >= 4 is 80.0 Å². The summed E-state index contributed by atoms with van der Waals surface area (Å²) in [5.74, 6) is 0. The van der Waals surface area contributed by atoms with Gasteiger partial charge in [-0.25, -0.2) is 4.98 Å². The van der Waals surface area contributed by atoms with Gasteiger partial charge in [0.05, 0.1) is 11.0 Å². The lowest BCUT2D eigenvalue weighted by Crippen LogP contribution is -2.58. The third-order valence-electron chi connectivity index (χ3n) is 9.67. The maximum atomic E-state index is 4.90. The Morgan fingerprint density at radius 2 is 1.02 bits per heavy atom. The Morgan fingerprint density at radius 1 is 0.469 bits per heavy atom. The smallest absolute Gasteiger partial charge is 0.249 e. The van der Waals surface area contributed by atoms with Crippen LogP contribution in [0, 0.1) is 0 Å². The van der Waals surface area contributed by atoms with Crippen LogP contribution >= 0.6 is 11.8 Å². The molecule has 0 amide bonds. The first kappa shape index (κ1) is 28.1. The Morgan fingerprint density at radius 3 is 1.61 bits per heavy atom.